The van der Waals surface area contributed by atoms with E-state index >= 15 is 0 Å². The Morgan fingerprint density at radius 2 is 2.07 bits per heavy atom. The average molecular weight is 199 g/mol. The van der Waals surface area contributed by atoms with Crippen LogP contribution in [0.1, 0.15) is 25.7 Å². The molecular formula is C10H17NO3. The predicted octanol–water partition coefficient (Wildman–Crippen LogP) is 1.02. The molecule has 0 aromatic rings. The predicted molar refractivity (Wildman–Crippen MR) is 53.7 cm³/mol. The summed E-state index contributed by atoms with van der Waals surface area (Å²) in [5.41, 5.74) is 0. The van der Waals surface area contributed by atoms with Crippen molar-refractivity contribution in [2.75, 3.05) is 13.7 Å². The molecule has 0 unspecified atom stereocenters. The third-order valence-electron chi connectivity index (χ3n) is 1.77. The number of methoxy groups -OCH3 is 1. The molecule has 80 valence electrons. The number of ether oxygens (including phenoxy) is 1. The summed E-state index contributed by atoms with van der Waals surface area (Å²) >= 11 is 0. The van der Waals surface area contributed by atoms with E-state index in [4.69, 9.17) is 0 Å². The first kappa shape index (κ1) is 12.7. The quantitative estimate of drug-likeness (QED) is 0.378. The standard InChI is InChI=1S/C10H17NO3/c1-3-9(12)11-8-6-4-5-7-10(13)14-2/h3H,1,4-8H2,2H3,(H,11,12). The average Bonchev–Trinajstić information content (AvgIpc) is 2.22. The number of carbonyl (C=O) groups is 2. The van der Waals surface area contributed by atoms with E-state index in [1.165, 1.54) is 13.2 Å². The van der Waals surface area contributed by atoms with Gasteiger partial charge in [0.2, 0.25) is 5.91 Å². The summed E-state index contributed by atoms with van der Waals surface area (Å²) in [6.45, 7) is 3.97. The van der Waals surface area contributed by atoms with Gasteiger partial charge < -0.3 is 10.1 Å². The second-order valence-electron chi connectivity index (χ2n) is 2.88. The minimum atomic E-state index is -0.180. The van der Waals surface area contributed by atoms with Crippen LogP contribution in [-0.4, -0.2) is 25.5 Å². The van der Waals surface area contributed by atoms with Crippen LogP contribution in [0.15, 0.2) is 12.7 Å². The van der Waals surface area contributed by atoms with Gasteiger partial charge in [-0.2, -0.15) is 0 Å². The number of amides is 1. The molecule has 0 aromatic carbocycles. The van der Waals surface area contributed by atoms with E-state index in [0.29, 0.717) is 13.0 Å². The van der Waals surface area contributed by atoms with Gasteiger partial charge in [0.1, 0.15) is 0 Å². The lowest BCUT2D eigenvalue weighted by atomic mass is 10.2. The van der Waals surface area contributed by atoms with Gasteiger partial charge in [0.15, 0.2) is 0 Å². The van der Waals surface area contributed by atoms with Crippen LogP contribution in [0.3, 0.4) is 0 Å². The number of unbranched alkanes of at least 4 members (excludes halogenated alkanes) is 2. The number of hydrogen-bond donors (Lipinski definition) is 1. The fourth-order valence-electron chi connectivity index (χ4n) is 0.957. The summed E-state index contributed by atoms with van der Waals surface area (Å²) in [7, 11) is 1.38. The van der Waals surface area contributed by atoms with E-state index in [0.717, 1.165) is 19.3 Å². The van der Waals surface area contributed by atoms with Crippen molar-refractivity contribution >= 4 is 11.9 Å². The first-order valence-electron chi connectivity index (χ1n) is 4.67. The first-order chi connectivity index (χ1) is 6.70. The van der Waals surface area contributed by atoms with Gasteiger partial charge in [-0.15, -0.1) is 0 Å². The van der Waals surface area contributed by atoms with Crippen LogP contribution in [-0.2, 0) is 14.3 Å². The Hall–Kier alpha value is -1.32. The van der Waals surface area contributed by atoms with Gasteiger partial charge in [0, 0.05) is 13.0 Å². The van der Waals surface area contributed by atoms with Crippen molar-refractivity contribution in [2.45, 2.75) is 25.7 Å². The molecule has 0 aliphatic rings. The minimum Gasteiger partial charge on any atom is -0.469 e. The molecule has 0 heterocycles. The van der Waals surface area contributed by atoms with Gasteiger partial charge in [-0.3, -0.25) is 9.59 Å². The van der Waals surface area contributed by atoms with E-state index in [1.807, 2.05) is 0 Å². The molecule has 4 nitrogen and oxygen atoms in total. The lowest BCUT2D eigenvalue weighted by molar-refractivity contribution is -0.140. The summed E-state index contributed by atoms with van der Waals surface area (Å²) in [5, 5.41) is 2.66. The van der Waals surface area contributed by atoms with Gasteiger partial charge in [-0.25, -0.2) is 0 Å². The van der Waals surface area contributed by atoms with Crippen LogP contribution >= 0.6 is 0 Å². The fourth-order valence-corrected chi connectivity index (χ4v) is 0.957. The Morgan fingerprint density at radius 3 is 2.64 bits per heavy atom. The monoisotopic (exact) mass is 199 g/mol. The van der Waals surface area contributed by atoms with Gasteiger partial charge in [0.05, 0.1) is 7.11 Å². The first-order valence-corrected chi connectivity index (χ1v) is 4.67. The molecule has 4 heteroatoms. The number of carbonyl (C=O) groups excluding carboxylic acids is 2. The molecule has 0 rings (SSSR count). The van der Waals surface area contributed by atoms with Crippen LogP contribution in [0, 0.1) is 0 Å². The van der Waals surface area contributed by atoms with Crippen molar-refractivity contribution in [1.82, 2.24) is 5.32 Å². The molecule has 0 bridgehead atoms. The normalized spacial score (nSPS) is 9.21. The molecule has 14 heavy (non-hydrogen) atoms. The van der Waals surface area contributed by atoms with Crippen molar-refractivity contribution in [1.29, 1.82) is 0 Å². The van der Waals surface area contributed by atoms with Gasteiger partial charge in [0.25, 0.3) is 0 Å². The van der Waals surface area contributed by atoms with E-state index in [-0.39, 0.29) is 11.9 Å². The molecule has 0 aliphatic carbocycles. The topological polar surface area (TPSA) is 55.4 Å². The second kappa shape index (κ2) is 8.29. The lowest BCUT2D eigenvalue weighted by Crippen LogP contribution is -2.21. The zero-order chi connectivity index (χ0) is 10.8. The zero-order valence-corrected chi connectivity index (χ0v) is 8.54. The highest BCUT2D eigenvalue weighted by atomic mass is 16.5. The minimum absolute atomic E-state index is 0.155. The van der Waals surface area contributed by atoms with Crippen LogP contribution in [0.25, 0.3) is 0 Å². The summed E-state index contributed by atoms with van der Waals surface area (Å²) in [6.07, 6.45) is 4.28. The molecule has 0 saturated carbocycles. The maximum absolute atomic E-state index is 10.7. The SMILES string of the molecule is C=CC(=O)NCCCCCC(=O)OC. The van der Waals surface area contributed by atoms with Crippen LogP contribution in [0.4, 0.5) is 0 Å². The molecule has 0 aromatic heterocycles. The van der Waals surface area contributed by atoms with Crippen molar-refractivity contribution in [3.8, 4) is 0 Å². The van der Waals surface area contributed by atoms with Gasteiger partial charge >= 0.3 is 5.97 Å². The molecule has 0 aliphatic heterocycles. The molecule has 0 radical (unpaired) electrons. The van der Waals surface area contributed by atoms with Gasteiger partial charge in [-0.1, -0.05) is 13.0 Å². The molecule has 0 saturated heterocycles. The van der Waals surface area contributed by atoms with Crippen molar-refractivity contribution < 1.29 is 14.3 Å². The Labute approximate surface area is 84.3 Å². The Bertz CT molecular complexity index is 202. The van der Waals surface area contributed by atoms with Crippen molar-refractivity contribution in [2.24, 2.45) is 0 Å². The maximum Gasteiger partial charge on any atom is 0.305 e. The third-order valence-corrected chi connectivity index (χ3v) is 1.77. The number of nitrogens with one attached hydrogen (secondary N) is 1. The van der Waals surface area contributed by atoms with E-state index in [9.17, 15) is 9.59 Å². The highest BCUT2D eigenvalue weighted by molar-refractivity contribution is 5.86. The summed E-state index contributed by atoms with van der Waals surface area (Å²) < 4.78 is 4.49. The number of esters is 1. The molecule has 0 spiro atoms. The van der Waals surface area contributed by atoms with Crippen molar-refractivity contribution in [3.63, 3.8) is 0 Å². The highest BCUT2D eigenvalue weighted by Crippen LogP contribution is 1.99. The summed E-state index contributed by atoms with van der Waals surface area (Å²) in [6, 6.07) is 0. The van der Waals surface area contributed by atoms with E-state index < -0.39 is 0 Å². The molecule has 1 amide bonds. The summed E-state index contributed by atoms with van der Waals surface area (Å²) in [4.78, 5) is 21.4. The Morgan fingerprint density at radius 1 is 1.36 bits per heavy atom. The molecular weight excluding hydrogens is 182 g/mol. The number of rotatable bonds is 7. The number of hydrogen-bond acceptors (Lipinski definition) is 3. The Balaban J connectivity index is 3.18. The third kappa shape index (κ3) is 7.34. The maximum atomic E-state index is 10.7. The second-order valence-corrected chi connectivity index (χ2v) is 2.88. The molecule has 0 fully saturated rings. The fraction of sp³-hybridized carbons (Fsp3) is 0.600. The van der Waals surface area contributed by atoms with Crippen LogP contribution < -0.4 is 5.32 Å². The van der Waals surface area contributed by atoms with E-state index in [2.05, 4.69) is 16.6 Å². The van der Waals surface area contributed by atoms with E-state index in [1.54, 1.807) is 0 Å². The smallest absolute Gasteiger partial charge is 0.305 e. The summed E-state index contributed by atoms with van der Waals surface area (Å²) in [5.74, 6) is -0.335. The molecule has 1 N–H and O–H groups in total. The van der Waals surface area contributed by atoms with Crippen LogP contribution in [0.5, 0.6) is 0 Å². The largest absolute Gasteiger partial charge is 0.469 e. The molecule has 0 atom stereocenters. The Kier molecular flexibility index (Phi) is 7.50. The van der Waals surface area contributed by atoms with Crippen molar-refractivity contribution in [3.05, 3.63) is 12.7 Å². The highest BCUT2D eigenvalue weighted by Gasteiger charge is 1.99. The van der Waals surface area contributed by atoms with Gasteiger partial charge in [-0.05, 0) is 18.9 Å². The zero-order valence-electron chi connectivity index (χ0n) is 8.54. The van der Waals surface area contributed by atoms with Crippen LogP contribution in [0.2, 0.25) is 0 Å². The lowest BCUT2D eigenvalue weighted by Gasteiger charge is -2.01.